The predicted molar refractivity (Wildman–Crippen MR) is 94.9 cm³/mol. The molecule has 0 heterocycles. The van der Waals surface area contributed by atoms with E-state index in [4.69, 9.17) is 4.74 Å². The smallest absolute Gasteiger partial charge is 0.408 e. The molecule has 2 aromatic rings. The molecule has 0 radical (unpaired) electrons. The van der Waals surface area contributed by atoms with Gasteiger partial charge in [0, 0.05) is 11.3 Å². The summed E-state index contributed by atoms with van der Waals surface area (Å²) in [5, 5.41) is 12.1. The quantitative estimate of drug-likeness (QED) is 0.885. The monoisotopic (exact) mass is 349 g/mol. The molecular formula is C21H19NO4. The molecule has 26 heavy (non-hydrogen) atoms. The molecule has 2 fully saturated rings. The van der Waals surface area contributed by atoms with Crippen molar-refractivity contribution in [3.63, 3.8) is 0 Å². The fraction of sp³-hybridized carbons (Fsp3) is 0.333. The maximum atomic E-state index is 12.3. The highest BCUT2D eigenvalue weighted by atomic mass is 16.5. The summed E-state index contributed by atoms with van der Waals surface area (Å²) in [6, 6.07) is 16.2. The summed E-state index contributed by atoms with van der Waals surface area (Å²) in [5.74, 6) is -0.980. The van der Waals surface area contributed by atoms with Crippen molar-refractivity contribution in [2.75, 3.05) is 6.61 Å². The Morgan fingerprint density at radius 3 is 2.12 bits per heavy atom. The Balaban J connectivity index is 1.33. The first-order valence-corrected chi connectivity index (χ1v) is 8.93. The molecule has 5 nitrogen and oxygen atoms in total. The van der Waals surface area contributed by atoms with Crippen LogP contribution in [0.25, 0.3) is 11.1 Å². The molecule has 0 saturated heterocycles. The summed E-state index contributed by atoms with van der Waals surface area (Å²) >= 11 is 0. The number of fused-ring (bicyclic) bond motifs is 3. The topological polar surface area (TPSA) is 75.6 Å². The number of carboxylic acid groups (broad SMARTS) is 1. The molecule has 5 rings (SSSR count). The van der Waals surface area contributed by atoms with Gasteiger partial charge in [-0.2, -0.15) is 0 Å². The van der Waals surface area contributed by atoms with Crippen molar-refractivity contribution in [3.8, 4) is 11.1 Å². The van der Waals surface area contributed by atoms with Crippen LogP contribution in [0.5, 0.6) is 0 Å². The second kappa shape index (κ2) is 5.10. The Morgan fingerprint density at radius 2 is 1.62 bits per heavy atom. The summed E-state index contributed by atoms with van der Waals surface area (Å²) in [5.41, 5.74) is 3.27. The first-order chi connectivity index (χ1) is 12.6. The zero-order chi connectivity index (χ0) is 17.9. The number of ether oxygens (including phenoxy) is 1. The van der Waals surface area contributed by atoms with Gasteiger partial charge in [0.15, 0.2) is 0 Å². The number of carbonyl (C=O) groups is 2. The van der Waals surface area contributed by atoms with Gasteiger partial charge < -0.3 is 15.2 Å². The molecule has 0 bridgehead atoms. The normalized spacial score (nSPS) is 23.8. The SMILES string of the molecule is O=C(NC1(C(=O)O)CC12CC2)OCC1c2ccccc2-c2ccccc21. The molecule has 2 N–H and O–H groups in total. The minimum Gasteiger partial charge on any atom is -0.479 e. The van der Waals surface area contributed by atoms with Gasteiger partial charge >= 0.3 is 12.1 Å². The number of hydrogen-bond acceptors (Lipinski definition) is 3. The zero-order valence-corrected chi connectivity index (χ0v) is 14.2. The maximum Gasteiger partial charge on any atom is 0.408 e. The average Bonchev–Trinajstić information content (AvgIpc) is 3.52. The van der Waals surface area contributed by atoms with E-state index in [1.807, 2.05) is 24.3 Å². The largest absolute Gasteiger partial charge is 0.479 e. The van der Waals surface area contributed by atoms with Crippen LogP contribution in [0.1, 0.15) is 36.3 Å². The Morgan fingerprint density at radius 1 is 1.04 bits per heavy atom. The van der Waals surface area contributed by atoms with Crippen LogP contribution >= 0.6 is 0 Å². The fourth-order valence-electron chi connectivity index (χ4n) is 4.56. The summed E-state index contributed by atoms with van der Waals surface area (Å²) in [7, 11) is 0. The van der Waals surface area contributed by atoms with E-state index in [0.717, 1.165) is 24.0 Å². The first-order valence-electron chi connectivity index (χ1n) is 8.93. The first kappa shape index (κ1) is 15.4. The van der Waals surface area contributed by atoms with Crippen LogP contribution < -0.4 is 5.32 Å². The molecule has 5 heteroatoms. The van der Waals surface area contributed by atoms with E-state index in [0.29, 0.717) is 6.42 Å². The van der Waals surface area contributed by atoms with E-state index in [1.165, 1.54) is 11.1 Å². The molecule has 1 amide bonds. The van der Waals surface area contributed by atoms with Gasteiger partial charge in [-0.25, -0.2) is 9.59 Å². The number of nitrogens with one attached hydrogen (secondary N) is 1. The van der Waals surface area contributed by atoms with Crippen molar-refractivity contribution >= 4 is 12.1 Å². The van der Waals surface area contributed by atoms with Crippen LogP contribution in [0.15, 0.2) is 48.5 Å². The lowest BCUT2D eigenvalue weighted by Crippen LogP contribution is -2.45. The third-order valence-electron chi connectivity index (χ3n) is 6.26. The van der Waals surface area contributed by atoms with E-state index in [2.05, 4.69) is 29.6 Å². The molecule has 3 aliphatic carbocycles. The molecule has 0 aliphatic heterocycles. The van der Waals surface area contributed by atoms with Crippen LogP contribution in [0.3, 0.4) is 0 Å². The van der Waals surface area contributed by atoms with E-state index in [1.54, 1.807) is 0 Å². The van der Waals surface area contributed by atoms with E-state index < -0.39 is 17.6 Å². The average molecular weight is 349 g/mol. The summed E-state index contributed by atoms with van der Waals surface area (Å²) in [6.07, 6.45) is 1.60. The van der Waals surface area contributed by atoms with E-state index >= 15 is 0 Å². The Hall–Kier alpha value is -2.82. The minimum atomic E-state index is -1.12. The van der Waals surface area contributed by atoms with Gasteiger partial charge in [0.2, 0.25) is 0 Å². The molecular weight excluding hydrogens is 330 g/mol. The number of alkyl carbamates (subject to hydrolysis) is 1. The lowest BCUT2D eigenvalue weighted by molar-refractivity contribution is -0.141. The third-order valence-corrected chi connectivity index (χ3v) is 6.26. The van der Waals surface area contributed by atoms with Crippen molar-refractivity contribution in [3.05, 3.63) is 59.7 Å². The Kier molecular flexibility index (Phi) is 3.03. The van der Waals surface area contributed by atoms with Gasteiger partial charge in [-0.15, -0.1) is 0 Å². The van der Waals surface area contributed by atoms with E-state index in [-0.39, 0.29) is 17.9 Å². The van der Waals surface area contributed by atoms with Crippen molar-refractivity contribution < 1.29 is 19.4 Å². The number of benzene rings is 2. The molecule has 2 aromatic carbocycles. The van der Waals surface area contributed by atoms with Crippen molar-refractivity contribution in [2.24, 2.45) is 5.41 Å². The Bertz CT molecular complexity index is 888. The van der Waals surface area contributed by atoms with Crippen molar-refractivity contribution in [1.29, 1.82) is 0 Å². The van der Waals surface area contributed by atoms with Crippen LogP contribution in [0.2, 0.25) is 0 Å². The zero-order valence-electron chi connectivity index (χ0n) is 14.2. The van der Waals surface area contributed by atoms with Gasteiger partial charge in [0.1, 0.15) is 12.1 Å². The van der Waals surface area contributed by atoms with Crippen LogP contribution in [-0.2, 0) is 9.53 Å². The molecule has 0 aromatic heterocycles. The van der Waals surface area contributed by atoms with Crippen molar-refractivity contribution in [1.82, 2.24) is 5.32 Å². The summed E-state index contributed by atoms with van der Waals surface area (Å²) in [6.45, 7) is 0.197. The second-order valence-electron chi connectivity index (χ2n) is 7.62. The number of hydrogen-bond donors (Lipinski definition) is 2. The molecule has 1 unspecified atom stereocenters. The van der Waals surface area contributed by atoms with Crippen LogP contribution in [0.4, 0.5) is 4.79 Å². The maximum absolute atomic E-state index is 12.3. The number of rotatable bonds is 4. The van der Waals surface area contributed by atoms with Gasteiger partial charge in [-0.3, -0.25) is 0 Å². The molecule has 1 atom stereocenters. The molecule has 3 aliphatic rings. The number of carboxylic acids is 1. The van der Waals surface area contributed by atoms with Gasteiger partial charge in [-0.1, -0.05) is 48.5 Å². The predicted octanol–water partition coefficient (Wildman–Crippen LogP) is 3.53. The lowest BCUT2D eigenvalue weighted by Gasteiger charge is -2.17. The van der Waals surface area contributed by atoms with Gasteiger partial charge in [-0.05, 0) is 41.5 Å². The highest BCUT2D eigenvalue weighted by Gasteiger charge is 2.79. The standard InChI is InChI=1S/C21H19NO4/c23-18(24)21(12-20(21)9-10-20)22-19(25)26-11-17-15-7-3-1-5-13(15)14-6-2-4-8-16(14)17/h1-8,17H,9-12H2,(H,22,25)(H,23,24). The Labute approximate surface area is 151 Å². The number of aliphatic carboxylic acids is 1. The van der Waals surface area contributed by atoms with Gasteiger partial charge in [0.25, 0.3) is 0 Å². The lowest BCUT2D eigenvalue weighted by atomic mass is 9.98. The van der Waals surface area contributed by atoms with Crippen LogP contribution in [-0.4, -0.2) is 29.3 Å². The highest BCUT2D eigenvalue weighted by Crippen LogP contribution is 2.73. The fourth-order valence-corrected chi connectivity index (χ4v) is 4.56. The molecule has 2 saturated carbocycles. The summed E-state index contributed by atoms with van der Waals surface area (Å²) < 4.78 is 5.47. The van der Waals surface area contributed by atoms with Crippen LogP contribution in [0, 0.1) is 5.41 Å². The van der Waals surface area contributed by atoms with Gasteiger partial charge in [0.05, 0.1) is 0 Å². The highest BCUT2D eigenvalue weighted by molar-refractivity contribution is 5.90. The number of amides is 1. The molecule has 132 valence electrons. The van der Waals surface area contributed by atoms with Crippen molar-refractivity contribution in [2.45, 2.75) is 30.7 Å². The number of carbonyl (C=O) groups excluding carboxylic acids is 1. The molecule has 1 spiro atoms. The second-order valence-corrected chi connectivity index (χ2v) is 7.62. The summed E-state index contributed by atoms with van der Waals surface area (Å²) in [4.78, 5) is 23.9. The van der Waals surface area contributed by atoms with E-state index in [9.17, 15) is 14.7 Å². The third kappa shape index (κ3) is 2.03. The minimum absolute atomic E-state index is 0.0250.